The van der Waals surface area contributed by atoms with Gasteiger partial charge in [-0.15, -0.1) is 0 Å². The predicted molar refractivity (Wildman–Crippen MR) is 84.5 cm³/mol. The summed E-state index contributed by atoms with van der Waals surface area (Å²) in [7, 11) is 3.42. The summed E-state index contributed by atoms with van der Waals surface area (Å²) in [6.45, 7) is 2.04. The van der Waals surface area contributed by atoms with Gasteiger partial charge in [-0.1, -0.05) is 60.2 Å². The Kier molecular flexibility index (Phi) is 5.26. The highest BCUT2D eigenvalue weighted by Gasteiger charge is 2.28. The molecular formula is C18H21NO2. The van der Waals surface area contributed by atoms with Gasteiger partial charge >= 0.3 is 0 Å². The van der Waals surface area contributed by atoms with Crippen LogP contribution >= 0.6 is 0 Å². The zero-order valence-electron chi connectivity index (χ0n) is 12.7. The number of ether oxygens (including phenoxy) is 1. The van der Waals surface area contributed by atoms with Crippen molar-refractivity contribution < 1.29 is 9.53 Å². The molecule has 0 fully saturated rings. The molecule has 0 aliphatic carbocycles. The SMILES string of the molecule is CNC(C(=O)c1ccccc1)C(OC)c1ccc(C)cc1. The van der Waals surface area contributed by atoms with Gasteiger partial charge in [0.25, 0.3) is 0 Å². The minimum absolute atomic E-state index is 0.0329. The van der Waals surface area contributed by atoms with Crippen molar-refractivity contribution >= 4 is 5.78 Å². The topological polar surface area (TPSA) is 38.3 Å². The van der Waals surface area contributed by atoms with E-state index in [1.54, 1.807) is 14.2 Å². The maximum atomic E-state index is 12.7. The van der Waals surface area contributed by atoms with Crippen LogP contribution in [0.3, 0.4) is 0 Å². The quantitative estimate of drug-likeness (QED) is 0.828. The van der Waals surface area contributed by atoms with Crippen molar-refractivity contribution in [3.63, 3.8) is 0 Å². The van der Waals surface area contributed by atoms with E-state index in [-0.39, 0.29) is 11.9 Å². The van der Waals surface area contributed by atoms with Crippen LogP contribution in [-0.2, 0) is 4.74 Å². The van der Waals surface area contributed by atoms with Crippen LogP contribution in [0.15, 0.2) is 54.6 Å². The van der Waals surface area contributed by atoms with Crippen molar-refractivity contribution in [2.75, 3.05) is 14.2 Å². The third kappa shape index (κ3) is 3.57. The van der Waals surface area contributed by atoms with E-state index in [2.05, 4.69) is 5.32 Å². The van der Waals surface area contributed by atoms with E-state index in [9.17, 15) is 4.79 Å². The van der Waals surface area contributed by atoms with E-state index < -0.39 is 6.04 Å². The van der Waals surface area contributed by atoms with Crippen LogP contribution in [0, 0.1) is 6.92 Å². The van der Waals surface area contributed by atoms with Gasteiger partial charge in [0.1, 0.15) is 12.1 Å². The summed E-state index contributed by atoms with van der Waals surface area (Å²) < 4.78 is 5.59. The molecule has 21 heavy (non-hydrogen) atoms. The molecule has 0 aliphatic rings. The van der Waals surface area contributed by atoms with Crippen LogP contribution in [0.4, 0.5) is 0 Å². The number of Topliss-reactive ketones (excluding diaryl/α,β-unsaturated/α-hetero) is 1. The number of methoxy groups -OCH3 is 1. The van der Waals surface area contributed by atoms with Crippen LogP contribution in [-0.4, -0.2) is 26.0 Å². The Bertz CT molecular complexity index is 578. The number of carbonyl (C=O) groups excluding carboxylic acids is 1. The van der Waals surface area contributed by atoms with Gasteiger partial charge in [-0.2, -0.15) is 0 Å². The molecular weight excluding hydrogens is 262 g/mol. The molecule has 0 bridgehead atoms. The van der Waals surface area contributed by atoms with E-state index >= 15 is 0 Å². The largest absolute Gasteiger partial charge is 0.375 e. The first-order chi connectivity index (χ1) is 10.2. The number of rotatable bonds is 6. The molecule has 2 rings (SSSR count). The second kappa shape index (κ2) is 7.16. The smallest absolute Gasteiger partial charge is 0.182 e. The monoisotopic (exact) mass is 283 g/mol. The van der Waals surface area contributed by atoms with Gasteiger partial charge in [-0.05, 0) is 19.5 Å². The highest BCUT2D eigenvalue weighted by Crippen LogP contribution is 2.23. The summed E-state index contributed by atoms with van der Waals surface area (Å²) in [6.07, 6.45) is -0.316. The first-order valence-electron chi connectivity index (χ1n) is 7.03. The Labute approximate surface area is 126 Å². The molecule has 1 N–H and O–H groups in total. The fraction of sp³-hybridized carbons (Fsp3) is 0.278. The third-order valence-corrected chi connectivity index (χ3v) is 3.61. The lowest BCUT2D eigenvalue weighted by atomic mass is 9.94. The van der Waals surface area contributed by atoms with Gasteiger partial charge in [-0.3, -0.25) is 4.79 Å². The van der Waals surface area contributed by atoms with Crippen molar-refractivity contribution in [2.24, 2.45) is 0 Å². The maximum Gasteiger partial charge on any atom is 0.182 e. The standard InChI is InChI=1S/C18H21NO2/c1-13-9-11-15(12-10-13)18(21-3)16(19-2)17(20)14-7-5-4-6-8-14/h4-12,16,18-19H,1-3H3. The molecule has 2 atom stereocenters. The summed E-state index contributed by atoms with van der Waals surface area (Å²) in [5.74, 6) is 0.0329. The van der Waals surface area contributed by atoms with Gasteiger partial charge in [0, 0.05) is 12.7 Å². The number of benzene rings is 2. The molecule has 0 amide bonds. The molecule has 2 aromatic carbocycles. The second-order valence-corrected chi connectivity index (χ2v) is 5.06. The zero-order valence-corrected chi connectivity index (χ0v) is 12.7. The van der Waals surface area contributed by atoms with Crippen LogP contribution in [0.25, 0.3) is 0 Å². The number of aryl methyl sites for hydroxylation is 1. The average Bonchev–Trinajstić information content (AvgIpc) is 2.54. The first kappa shape index (κ1) is 15.4. The van der Waals surface area contributed by atoms with E-state index in [0.717, 1.165) is 5.56 Å². The second-order valence-electron chi connectivity index (χ2n) is 5.06. The van der Waals surface area contributed by atoms with Gasteiger partial charge in [0.05, 0.1) is 0 Å². The minimum Gasteiger partial charge on any atom is -0.375 e. The number of hydrogen-bond donors (Lipinski definition) is 1. The first-order valence-corrected chi connectivity index (χ1v) is 7.03. The van der Waals surface area contributed by atoms with Crippen LogP contribution in [0.1, 0.15) is 27.6 Å². The molecule has 3 nitrogen and oxygen atoms in total. The summed E-state index contributed by atoms with van der Waals surface area (Å²) >= 11 is 0. The van der Waals surface area contributed by atoms with E-state index in [1.807, 2.05) is 61.5 Å². The highest BCUT2D eigenvalue weighted by atomic mass is 16.5. The number of carbonyl (C=O) groups is 1. The maximum absolute atomic E-state index is 12.7. The summed E-state index contributed by atoms with van der Waals surface area (Å²) in [4.78, 5) is 12.7. The van der Waals surface area contributed by atoms with Crippen LogP contribution in [0.2, 0.25) is 0 Å². The Hall–Kier alpha value is -1.97. The molecule has 2 unspecified atom stereocenters. The van der Waals surface area contributed by atoms with Crippen LogP contribution in [0.5, 0.6) is 0 Å². The molecule has 3 heteroatoms. The minimum atomic E-state index is -0.417. The van der Waals surface area contributed by atoms with E-state index in [4.69, 9.17) is 4.74 Å². The molecule has 0 radical (unpaired) electrons. The average molecular weight is 283 g/mol. The van der Waals surface area contributed by atoms with Crippen molar-refractivity contribution in [3.05, 3.63) is 71.3 Å². The van der Waals surface area contributed by atoms with Crippen molar-refractivity contribution in [1.29, 1.82) is 0 Å². The third-order valence-electron chi connectivity index (χ3n) is 3.61. The van der Waals surface area contributed by atoms with Gasteiger partial charge in [-0.25, -0.2) is 0 Å². The lowest BCUT2D eigenvalue weighted by Gasteiger charge is -2.25. The normalized spacial score (nSPS) is 13.7. The molecule has 110 valence electrons. The number of likely N-dealkylation sites (N-methyl/N-ethyl adjacent to an activating group) is 1. The van der Waals surface area contributed by atoms with Crippen molar-refractivity contribution in [2.45, 2.75) is 19.1 Å². The molecule has 0 spiro atoms. The van der Waals surface area contributed by atoms with Crippen molar-refractivity contribution in [3.8, 4) is 0 Å². The summed E-state index contributed by atoms with van der Waals surface area (Å²) in [5, 5.41) is 3.09. The molecule has 0 aromatic heterocycles. The number of nitrogens with one attached hydrogen (secondary N) is 1. The fourth-order valence-electron chi connectivity index (χ4n) is 2.42. The molecule has 0 aliphatic heterocycles. The lowest BCUT2D eigenvalue weighted by Crippen LogP contribution is -2.40. The van der Waals surface area contributed by atoms with Crippen molar-refractivity contribution in [1.82, 2.24) is 5.32 Å². The Balaban J connectivity index is 2.29. The Morgan fingerprint density at radius 3 is 2.19 bits per heavy atom. The van der Waals surface area contributed by atoms with Gasteiger partial charge in [0.2, 0.25) is 0 Å². The molecule has 2 aromatic rings. The van der Waals surface area contributed by atoms with E-state index in [0.29, 0.717) is 5.56 Å². The van der Waals surface area contributed by atoms with E-state index in [1.165, 1.54) is 5.56 Å². The number of hydrogen-bond acceptors (Lipinski definition) is 3. The molecule has 0 saturated heterocycles. The van der Waals surface area contributed by atoms with Gasteiger partial charge < -0.3 is 10.1 Å². The highest BCUT2D eigenvalue weighted by molar-refractivity contribution is 6.00. The Morgan fingerprint density at radius 1 is 1.05 bits per heavy atom. The summed E-state index contributed by atoms with van der Waals surface area (Å²) in [5.41, 5.74) is 2.86. The molecule has 0 saturated carbocycles. The van der Waals surface area contributed by atoms with Crippen LogP contribution < -0.4 is 5.32 Å². The lowest BCUT2D eigenvalue weighted by molar-refractivity contribution is 0.0565. The Morgan fingerprint density at radius 2 is 1.67 bits per heavy atom. The van der Waals surface area contributed by atoms with Gasteiger partial charge in [0.15, 0.2) is 5.78 Å². The number of ketones is 1. The summed E-state index contributed by atoms with van der Waals surface area (Å²) in [6, 6.07) is 16.9. The fourth-order valence-corrected chi connectivity index (χ4v) is 2.42. The predicted octanol–water partition coefficient (Wildman–Crippen LogP) is 3.15. The zero-order chi connectivity index (χ0) is 15.2. The molecule has 0 heterocycles.